The molecular formula is C19H15F4N5O2. The smallest absolute Gasteiger partial charge is 0.430 e. The fourth-order valence-corrected chi connectivity index (χ4v) is 3.98. The molecule has 0 spiro atoms. The molecule has 0 bridgehead atoms. The Bertz CT molecular complexity index is 1150. The fraction of sp³-hybridized carbons (Fsp3) is 0.316. The van der Waals surface area contributed by atoms with Crippen molar-refractivity contribution in [2.75, 3.05) is 18.4 Å². The topological polar surface area (TPSA) is 81.1 Å². The van der Waals surface area contributed by atoms with Crippen LogP contribution in [-0.2, 0) is 4.74 Å². The summed E-state index contributed by atoms with van der Waals surface area (Å²) in [7, 11) is 0. The van der Waals surface area contributed by atoms with Crippen LogP contribution in [0.2, 0.25) is 0 Å². The maximum Gasteiger partial charge on any atom is 0.430 e. The van der Waals surface area contributed by atoms with Gasteiger partial charge in [0.05, 0.1) is 17.1 Å². The van der Waals surface area contributed by atoms with Crippen molar-refractivity contribution in [3.63, 3.8) is 0 Å². The number of amides is 1. The van der Waals surface area contributed by atoms with Crippen molar-refractivity contribution in [2.24, 2.45) is 0 Å². The Labute approximate surface area is 167 Å². The van der Waals surface area contributed by atoms with Crippen LogP contribution in [0, 0.1) is 0 Å². The summed E-state index contributed by atoms with van der Waals surface area (Å²) in [5.41, 5.74) is 0.607. The third kappa shape index (κ3) is 2.88. The summed E-state index contributed by atoms with van der Waals surface area (Å²) in [6.07, 6.45) is -8.46. The second kappa shape index (κ2) is 6.66. The van der Waals surface area contributed by atoms with Crippen molar-refractivity contribution < 1.29 is 27.1 Å². The minimum atomic E-state index is -4.85. The minimum Gasteiger partial charge on any atom is -0.431 e. The zero-order valence-corrected chi connectivity index (χ0v) is 15.3. The second-order valence-corrected chi connectivity index (χ2v) is 7.12. The van der Waals surface area contributed by atoms with Crippen molar-refractivity contribution in [3.8, 4) is 11.3 Å². The molecule has 5 rings (SSSR count). The van der Waals surface area contributed by atoms with E-state index in [2.05, 4.69) is 25.5 Å². The Morgan fingerprint density at radius 3 is 2.70 bits per heavy atom. The Kier molecular flexibility index (Phi) is 4.17. The van der Waals surface area contributed by atoms with Gasteiger partial charge >= 0.3 is 12.3 Å². The number of carbonyl (C=O) groups is 1. The number of pyridine rings is 1. The van der Waals surface area contributed by atoms with Crippen LogP contribution in [-0.4, -0.2) is 46.3 Å². The number of aromatic nitrogens is 3. The average molecular weight is 421 g/mol. The van der Waals surface area contributed by atoms with Crippen molar-refractivity contribution >= 4 is 22.8 Å². The molecule has 2 aromatic heterocycles. The molecule has 0 radical (unpaired) electrons. The quantitative estimate of drug-likeness (QED) is 0.616. The molecule has 11 heteroatoms. The van der Waals surface area contributed by atoms with Gasteiger partial charge in [0.1, 0.15) is 17.7 Å². The van der Waals surface area contributed by atoms with E-state index in [1.54, 1.807) is 24.3 Å². The Morgan fingerprint density at radius 2 is 1.97 bits per heavy atom. The standard InChI is InChI=1S/C19H15F4N5O2/c20-11-7-24-8-13(11)28-12-4-2-1-3-9(12)15(27-28)10-5-6-25-17-14(10)16(19(21,22)23)30-18(29)26-17/h1-6,11,13,16,24H,7-8H2,(H,25,26,29)/t11-,13+,16+/m0/s1. The van der Waals surface area contributed by atoms with E-state index in [4.69, 9.17) is 0 Å². The summed E-state index contributed by atoms with van der Waals surface area (Å²) in [5, 5.41) is 10.2. The molecule has 2 aliphatic heterocycles. The van der Waals surface area contributed by atoms with Crippen LogP contribution in [0.5, 0.6) is 0 Å². The molecule has 4 heterocycles. The van der Waals surface area contributed by atoms with Gasteiger partial charge in [-0.05, 0) is 12.1 Å². The number of carbonyl (C=O) groups excluding carboxylic acids is 1. The van der Waals surface area contributed by atoms with Crippen LogP contribution in [0.3, 0.4) is 0 Å². The van der Waals surface area contributed by atoms with E-state index in [0.29, 0.717) is 17.4 Å². The van der Waals surface area contributed by atoms with Gasteiger partial charge < -0.3 is 10.1 Å². The van der Waals surface area contributed by atoms with Crippen LogP contribution in [0.15, 0.2) is 36.5 Å². The van der Waals surface area contributed by atoms with Gasteiger partial charge in [-0.25, -0.2) is 14.2 Å². The zero-order chi connectivity index (χ0) is 21.0. The van der Waals surface area contributed by atoms with Crippen LogP contribution in [0.4, 0.5) is 28.2 Å². The number of cyclic esters (lactones) is 1. The molecule has 0 aliphatic carbocycles. The molecule has 1 saturated heterocycles. The summed E-state index contributed by atoms with van der Waals surface area (Å²) >= 11 is 0. The predicted molar refractivity (Wildman–Crippen MR) is 98.7 cm³/mol. The number of anilines is 1. The van der Waals surface area contributed by atoms with E-state index in [9.17, 15) is 22.4 Å². The zero-order valence-electron chi connectivity index (χ0n) is 15.3. The first-order valence-electron chi connectivity index (χ1n) is 9.20. The summed E-state index contributed by atoms with van der Waals surface area (Å²) in [5.74, 6) is -0.240. The molecular weight excluding hydrogens is 406 g/mol. The van der Waals surface area contributed by atoms with Crippen LogP contribution < -0.4 is 10.6 Å². The largest absolute Gasteiger partial charge is 0.431 e. The third-order valence-corrected chi connectivity index (χ3v) is 5.29. The predicted octanol–water partition coefficient (Wildman–Crippen LogP) is 3.75. The second-order valence-electron chi connectivity index (χ2n) is 7.12. The number of hydrogen-bond acceptors (Lipinski definition) is 5. The van der Waals surface area contributed by atoms with E-state index < -0.39 is 30.6 Å². The number of nitrogens with zero attached hydrogens (tertiary/aromatic N) is 3. The van der Waals surface area contributed by atoms with Gasteiger partial charge in [0.25, 0.3) is 0 Å². The Hall–Kier alpha value is -3.21. The van der Waals surface area contributed by atoms with E-state index >= 15 is 0 Å². The van der Waals surface area contributed by atoms with E-state index in [-0.39, 0.29) is 29.2 Å². The normalized spacial score (nSPS) is 23.9. The van der Waals surface area contributed by atoms with Gasteiger partial charge in [-0.3, -0.25) is 10.00 Å². The highest BCUT2D eigenvalue weighted by Gasteiger charge is 2.49. The summed E-state index contributed by atoms with van der Waals surface area (Å²) < 4.78 is 61.5. The molecule has 156 valence electrons. The highest BCUT2D eigenvalue weighted by Crippen LogP contribution is 2.46. The molecule has 7 nitrogen and oxygen atoms in total. The number of para-hydroxylation sites is 1. The number of alkyl halides is 4. The lowest BCUT2D eigenvalue weighted by atomic mass is 9.97. The summed E-state index contributed by atoms with van der Waals surface area (Å²) in [6.45, 7) is 0.528. The van der Waals surface area contributed by atoms with E-state index in [1.165, 1.54) is 16.9 Å². The van der Waals surface area contributed by atoms with Gasteiger partial charge in [-0.1, -0.05) is 18.2 Å². The number of nitrogens with one attached hydrogen (secondary N) is 2. The summed E-state index contributed by atoms with van der Waals surface area (Å²) in [6, 6.07) is 7.73. The van der Waals surface area contributed by atoms with Crippen molar-refractivity contribution in [1.29, 1.82) is 0 Å². The number of halogens is 4. The van der Waals surface area contributed by atoms with Crippen LogP contribution in [0.25, 0.3) is 22.2 Å². The first-order valence-corrected chi connectivity index (χ1v) is 9.20. The molecule has 1 fully saturated rings. The first kappa shape index (κ1) is 18.8. The molecule has 1 aromatic carbocycles. The Morgan fingerprint density at radius 1 is 1.17 bits per heavy atom. The number of ether oxygens (including phenoxy) is 1. The van der Waals surface area contributed by atoms with E-state index in [0.717, 1.165) is 0 Å². The molecule has 3 aromatic rings. The average Bonchev–Trinajstić information content (AvgIpc) is 3.29. The summed E-state index contributed by atoms with van der Waals surface area (Å²) in [4.78, 5) is 15.5. The molecule has 30 heavy (non-hydrogen) atoms. The van der Waals surface area contributed by atoms with Crippen molar-refractivity contribution in [1.82, 2.24) is 20.1 Å². The molecule has 1 amide bonds. The van der Waals surface area contributed by atoms with E-state index in [1.807, 2.05) is 0 Å². The molecule has 2 aliphatic rings. The van der Waals surface area contributed by atoms with Crippen molar-refractivity contribution in [3.05, 3.63) is 42.1 Å². The fourth-order valence-electron chi connectivity index (χ4n) is 3.98. The molecule has 3 atom stereocenters. The lowest BCUT2D eigenvalue weighted by Gasteiger charge is -2.28. The number of rotatable bonds is 2. The Balaban J connectivity index is 1.75. The highest BCUT2D eigenvalue weighted by molar-refractivity contribution is 5.97. The maximum absolute atomic E-state index is 14.4. The highest BCUT2D eigenvalue weighted by atomic mass is 19.4. The SMILES string of the molecule is O=C1Nc2nccc(-c3nn([C@@H]4CNC[C@@H]4F)c4ccccc34)c2[C@H](C(F)(F)F)O1. The van der Waals surface area contributed by atoms with Gasteiger partial charge in [0.15, 0.2) is 0 Å². The third-order valence-electron chi connectivity index (χ3n) is 5.29. The van der Waals surface area contributed by atoms with Crippen molar-refractivity contribution in [2.45, 2.75) is 24.5 Å². The van der Waals surface area contributed by atoms with Gasteiger partial charge in [-0.2, -0.15) is 18.3 Å². The lowest BCUT2D eigenvalue weighted by Crippen LogP contribution is -2.34. The van der Waals surface area contributed by atoms with Crippen LogP contribution >= 0.6 is 0 Å². The molecule has 0 saturated carbocycles. The number of benzene rings is 1. The number of hydrogen-bond donors (Lipinski definition) is 2. The first-order chi connectivity index (χ1) is 14.3. The molecule has 2 N–H and O–H groups in total. The monoisotopic (exact) mass is 421 g/mol. The van der Waals surface area contributed by atoms with Gasteiger partial charge in [0.2, 0.25) is 6.10 Å². The van der Waals surface area contributed by atoms with Gasteiger partial charge in [0, 0.05) is 30.2 Å². The lowest BCUT2D eigenvalue weighted by molar-refractivity contribution is -0.206. The van der Waals surface area contributed by atoms with Crippen LogP contribution in [0.1, 0.15) is 17.7 Å². The van der Waals surface area contributed by atoms with Gasteiger partial charge in [-0.15, -0.1) is 0 Å². The minimum absolute atomic E-state index is 0.110. The maximum atomic E-state index is 14.4. The number of fused-ring (bicyclic) bond motifs is 2. The molecule has 0 unspecified atom stereocenters.